The number of carbonyl (C=O) groups is 1. The summed E-state index contributed by atoms with van der Waals surface area (Å²) in [6.07, 6.45) is -4.68. The molecule has 0 aromatic carbocycles. The van der Waals surface area contributed by atoms with Crippen molar-refractivity contribution in [2.24, 2.45) is 0 Å². The van der Waals surface area contributed by atoms with Gasteiger partial charge in [-0.25, -0.2) is 0 Å². The van der Waals surface area contributed by atoms with E-state index in [0.29, 0.717) is 0 Å². The molecule has 1 heterocycles. The minimum absolute atomic E-state index is 0.0586. The summed E-state index contributed by atoms with van der Waals surface area (Å²) in [6, 6.07) is 0. The maximum absolute atomic E-state index is 12.8. The first-order valence-electron chi connectivity index (χ1n) is 5.32. The third-order valence-corrected chi connectivity index (χ3v) is 3.33. The first-order valence-corrected chi connectivity index (χ1v) is 5.85. The second-order valence-electron chi connectivity index (χ2n) is 4.02. The van der Waals surface area contributed by atoms with Crippen LogP contribution in [0.15, 0.2) is 0 Å². The SMILES string of the molecule is COC1(C(F)(F)F)CCN(C(=O)CCCl)CC1. The van der Waals surface area contributed by atoms with Crippen molar-refractivity contribution >= 4 is 17.5 Å². The van der Waals surface area contributed by atoms with Crippen LogP contribution >= 0.6 is 11.6 Å². The molecule has 100 valence electrons. The highest BCUT2D eigenvalue weighted by atomic mass is 35.5. The monoisotopic (exact) mass is 273 g/mol. The Hall–Kier alpha value is -0.490. The van der Waals surface area contributed by atoms with E-state index in [0.717, 1.165) is 7.11 Å². The Balaban J connectivity index is 2.63. The molecule has 0 spiro atoms. The summed E-state index contributed by atoms with van der Waals surface area (Å²) in [6.45, 7) is 0.117. The van der Waals surface area contributed by atoms with Gasteiger partial charge in [0.05, 0.1) is 0 Å². The van der Waals surface area contributed by atoms with Gasteiger partial charge < -0.3 is 9.64 Å². The van der Waals surface area contributed by atoms with Gasteiger partial charge in [-0.2, -0.15) is 13.2 Å². The van der Waals surface area contributed by atoms with Crippen molar-refractivity contribution in [1.82, 2.24) is 4.90 Å². The number of halogens is 4. The Morgan fingerprint density at radius 1 is 1.41 bits per heavy atom. The van der Waals surface area contributed by atoms with Crippen molar-refractivity contribution < 1.29 is 22.7 Å². The van der Waals surface area contributed by atoms with Crippen molar-refractivity contribution in [3.05, 3.63) is 0 Å². The van der Waals surface area contributed by atoms with Crippen molar-refractivity contribution in [1.29, 1.82) is 0 Å². The maximum Gasteiger partial charge on any atom is 0.417 e. The number of carbonyl (C=O) groups excluding carboxylic acids is 1. The van der Waals surface area contributed by atoms with Gasteiger partial charge in [0.25, 0.3) is 0 Å². The van der Waals surface area contributed by atoms with E-state index in [2.05, 4.69) is 4.74 Å². The molecule has 0 saturated carbocycles. The first kappa shape index (κ1) is 14.6. The largest absolute Gasteiger partial charge is 0.417 e. The zero-order valence-electron chi connectivity index (χ0n) is 9.52. The van der Waals surface area contributed by atoms with E-state index >= 15 is 0 Å². The molecule has 1 rings (SSSR count). The predicted molar refractivity (Wildman–Crippen MR) is 56.9 cm³/mol. The van der Waals surface area contributed by atoms with E-state index in [1.807, 2.05) is 0 Å². The van der Waals surface area contributed by atoms with E-state index in [9.17, 15) is 18.0 Å². The molecular formula is C10H15ClF3NO2. The fourth-order valence-electron chi connectivity index (χ4n) is 1.96. The van der Waals surface area contributed by atoms with Gasteiger partial charge in [0, 0.05) is 45.3 Å². The van der Waals surface area contributed by atoms with Crippen LogP contribution in [0.1, 0.15) is 19.3 Å². The summed E-state index contributed by atoms with van der Waals surface area (Å²) in [5.41, 5.74) is -2.11. The lowest BCUT2D eigenvalue weighted by Crippen LogP contribution is -2.55. The highest BCUT2D eigenvalue weighted by molar-refractivity contribution is 6.18. The number of alkyl halides is 4. The van der Waals surface area contributed by atoms with E-state index in [1.54, 1.807) is 0 Å². The smallest absolute Gasteiger partial charge is 0.369 e. The first-order chi connectivity index (χ1) is 7.86. The van der Waals surface area contributed by atoms with Gasteiger partial charge in [0.2, 0.25) is 5.91 Å². The number of nitrogens with zero attached hydrogens (tertiary/aromatic N) is 1. The molecular weight excluding hydrogens is 259 g/mol. The minimum Gasteiger partial charge on any atom is -0.369 e. The van der Waals surface area contributed by atoms with Gasteiger partial charge in [-0.05, 0) is 0 Å². The number of hydrogen-bond acceptors (Lipinski definition) is 2. The van der Waals surface area contributed by atoms with Gasteiger partial charge in [0.15, 0.2) is 5.60 Å². The molecule has 1 amide bonds. The van der Waals surface area contributed by atoms with Crippen molar-refractivity contribution in [3.63, 3.8) is 0 Å². The van der Waals surface area contributed by atoms with Crippen LogP contribution in [0.3, 0.4) is 0 Å². The molecule has 1 aliphatic heterocycles. The highest BCUT2D eigenvalue weighted by Crippen LogP contribution is 2.41. The van der Waals surface area contributed by atoms with Crippen molar-refractivity contribution in [2.75, 3.05) is 26.1 Å². The summed E-state index contributed by atoms with van der Waals surface area (Å²) in [5.74, 6) is -0.0174. The van der Waals surface area contributed by atoms with Gasteiger partial charge in [-0.3, -0.25) is 4.79 Å². The molecule has 0 bridgehead atoms. The molecule has 0 aliphatic carbocycles. The molecule has 0 aromatic rings. The third kappa shape index (κ3) is 3.04. The van der Waals surface area contributed by atoms with Crippen LogP contribution in [0, 0.1) is 0 Å². The number of methoxy groups -OCH3 is 1. The van der Waals surface area contributed by atoms with Gasteiger partial charge >= 0.3 is 6.18 Å². The average Bonchev–Trinajstić information content (AvgIpc) is 2.28. The topological polar surface area (TPSA) is 29.5 Å². The van der Waals surface area contributed by atoms with E-state index in [4.69, 9.17) is 11.6 Å². The highest BCUT2D eigenvalue weighted by Gasteiger charge is 2.56. The lowest BCUT2D eigenvalue weighted by atomic mass is 9.90. The van der Waals surface area contributed by atoms with Crippen LogP contribution in [-0.4, -0.2) is 48.7 Å². The predicted octanol–water partition coefficient (Wildman–Crippen LogP) is 2.19. The molecule has 1 fully saturated rings. The summed E-state index contributed by atoms with van der Waals surface area (Å²) < 4.78 is 43.1. The zero-order chi connectivity index (χ0) is 13.1. The summed E-state index contributed by atoms with van der Waals surface area (Å²) in [7, 11) is 1.06. The van der Waals surface area contributed by atoms with Crippen LogP contribution in [0.2, 0.25) is 0 Å². The van der Waals surface area contributed by atoms with E-state index in [-0.39, 0.29) is 44.1 Å². The second-order valence-corrected chi connectivity index (χ2v) is 4.39. The zero-order valence-corrected chi connectivity index (χ0v) is 10.3. The Labute approximate surface area is 103 Å². The second kappa shape index (κ2) is 5.44. The normalized spacial score (nSPS) is 20.4. The Bertz CT molecular complexity index is 275. The number of ether oxygens (including phenoxy) is 1. The van der Waals surface area contributed by atoms with Crippen molar-refractivity contribution in [3.8, 4) is 0 Å². The number of rotatable bonds is 3. The Morgan fingerprint density at radius 3 is 2.29 bits per heavy atom. The van der Waals surface area contributed by atoms with Crippen LogP contribution in [0.25, 0.3) is 0 Å². The third-order valence-electron chi connectivity index (χ3n) is 3.14. The van der Waals surface area contributed by atoms with Crippen LogP contribution in [0.5, 0.6) is 0 Å². The number of hydrogen-bond donors (Lipinski definition) is 0. The average molecular weight is 274 g/mol. The molecule has 0 aromatic heterocycles. The van der Waals surface area contributed by atoms with Crippen LogP contribution in [-0.2, 0) is 9.53 Å². The molecule has 0 unspecified atom stereocenters. The van der Waals surface area contributed by atoms with Gasteiger partial charge in [0.1, 0.15) is 0 Å². The number of amides is 1. The standard InChI is InChI=1S/C10H15ClF3NO2/c1-17-9(10(12,13)14)3-6-15(7-4-9)8(16)2-5-11/h2-7H2,1H3. The van der Waals surface area contributed by atoms with E-state index < -0.39 is 11.8 Å². The molecule has 0 N–H and O–H groups in total. The summed E-state index contributed by atoms with van der Waals surface area (Å²) in [5, 5.41) is 0. The van der Waals surface area contributed by atoms with E-state index in [1.165, 1.54) is 4.90 Å². The van der Waals surface area contributed by atoms with Crippen molar-refractivity contribution in [2.45, 2.75) is 31.0 Å². The number of piperidine rings is 1. The Morgan fingerprint density at radius 2 is 1.94 bits per heavy atom. The molecule has 1 aliphatic rings. The molecule has 17 heavy (non-hydrogen) atoms. The lowest BCUT2D eigenvalue weighted by molar-refractivity contribution is -0.281. The molecule has 0 atom stereocenters. The fourth-order valence-corrected chi connectivity index (χ4v) is 2.12. The summed E-state index contributed by atoms with van der Waals surface area (Å²) >= 11 is 5.42. The van der Waals surface area contributed by atoms with Crippen LogP contribution in [0.4, 0.5) is 13.2 Å². The minimum atomic E-state index is -4.40. The molecule has 3 nitrogen and oxygen atoms in total. The lowest BCUT2D eigenvalue weighted by Gasteiger charge is -2.41. The number of likely N-dealkylation sites (tertiary alicyclic amines) is 1. The van der Waals surface area contributed by atoms with Crippen LogP contribution < -0.4 is 0 Å². The fraction of sp³-hybridized carbons (Fsp3) is 0.900. The molecule has 0 radical (unpaired) electrons. The molecule has 7 heteroatoms. The summed E-state index contributed by atoms with van der Waals surface area (Å²) in [4.78, 5) is 12.9. The van der Waals surface area contributed by atoms with Gasteiger partial charge in [-0.15, -0.1) is 11.6 Å². The molecule has 1 saturated heterocycles. The van der Waals surface area contributed by atoms with Gasteiger partial charge in [-0.1, -0.05) is 0 Å². The maximum atomic E-state index is 12.8. The Kier molecular flexibility index (Phi) is 4.66. The quantitative estimate of drug-likeness (QED) is 0.738.